The van der Waals surface area contributed by atoms with Crippen LogP contribution in [-0.4, -0.2) is 10.2 Å². The van der Waals surface area contributed by atoms with Gasteiger partial charge in [0.1, 0.15) is 0 Å². The number of alkyl halides is 1. The van der Waals surface area contributed by atoms with Crippen LogP contribution in [0.5, 0.6) is 0 Å². The minimum absolute atomic E-state index is 0.474. The lowest BCUT2D eigenvalue weighted by molar-refractivity contribution is 0.531. The van der Waals surface area contributed by atoms with Crippen molar-refractivity contribution in [3.8, 4) is 11.5 Å². The third-order valence-corrected chi connectivity index (χ3v) is 2.67. The molecule has 0 aliphatic rings. The second-order valence-corrected chi connectivity index (χ2v) is 3.78. The molecule has 0 atom stereocenters. The van der Waals surface area contributed by atoms with Gasteiger partial charge in [-0.1, -0.05) is 46.3 Å². The van der Waals surface area contributed by atoms with Gasteiger partial charge in [0.15, 0.2) is 0 Å². The Morgan fingerprint density at radius 2 is 2.07 bits per heavy atom. The van der Waals surface area contributed by atoms with Crippen LogP contribution < -0.4 is 0 Å². The SMILES string of the molecule is Clc1ccccc1-c1nnc(CI)o1. The van der Waals surface area contributed by atoms with Crippen LogP contribution >= 0.6 is 34.2 Å². The number of benzene rings is 1. The summed E-state index contributed by atoms with van der Waals surface area (Å²) in [4.78, 5) is 0. The van der Waals surface area contributed by atoms with E-state index < -0.39 is 0 Å². The molecule has 2 rings (SSSR count). The number of hydrogen-bond donors (Lipinski definition) is 0. The number of hydrogen-bond acceptors (Lipinski definition) is 3. The van der Waals surface area contributed by atoms with Gasteiger partial charge in [0, 0.05) is 0 Å². The Kier molecular flexibility index (Phi) is 3.02. The molecule has 0 N–H and O–H groups in total. The molecule has 0 spiro atoms. The van der Waals surface area contributed by atoms with Gasteiger partial charge < -0.3 is 4.42 Å². The van der Waals surface area contributed by atoms with Gasteiger partial charge in [-0.2, -0.15) is 0 Å². The molecule has 0 aliphatic carbocycles. The molecule has 1 aromatic heterocycles. The summed E-state index contributed by atoms with van der Waals surface area (Å²) in [5.41, 5.74) is 0.776. The van der Waals surface area contributed by atoms with Crippen LogP contribution in [0.15, 0.2) is 28.7 Å². The lowest BCUT2D eigenvalue weighted by Gasteiger charge is -1.96. The summed E-state index contributed by atoms with van der Waals surface area (Å²) in [6.07, 6.45) is 0. The van der Waals surface area contributed by atoms with Crippen LogP contribution in [0.4, 0.5) is 0 Å². The van der Waals surface area contributed by atoms with E-state index in [1.807, 2.05) is 18.2 Å². The largest absolute Gasteiger partial charge is 0.420 e. The molecule has 5 heteroatoms. The maximum atomic E-state index is 5.98. The molecule has 72 valence electrons. The van der Waals surface area contributed by atoms with Crippen molar-refractivity contribution in [1.29, 1.82) is 0 Å². The van der Waals surface area contributed by atoms with Crippen molar-refractivity contribution in [2.45, 2.75) is 4.43 Å². The smallest absolute Gasteiger partial charge is 0.249 e. The molecule has 14 heavy (non-hydrogen) atoms. The first-order valence-electron chi connectivity index (χ1n) is 3.94. The first-order chi connectivity index (χ1) is 6.81. The van der Waals surface area contributed by atoms with Gasteiger partial charge in [-0.05, 0) is 12.1 Å². The van der Waals surface area contributed by atoms with Gasteiger partial charge in [0.05, 0.1) is 15.0 Å². The highest BCUT2D eigenvalue weighted by atomic mass is 127. The molecule has 3 nitrogen and oxygen atoms in total. The fourth-order valence-electron chi connectivity index (χ4n) is 1.05. The van der Waals surface area contributed by atoms with E-state index in [1.165, 1.54) is 0 Å². The minimum atomic E-state index is 0.474. The third-order valence-electron chi connectivity index (χ3n) is 1.69. The molecule has 0 radical (unpaired) electrons. The van der Waals surface area contributed by atoms with Gasteiger partial charge >= 0.3 is 0 Å². The van der Waals surface area contributed by atoms with Crippen molar-refractivity contribution in [1.82, 2.24) is 10.2 Å². The fourth-order valence-corrected chi connectivity index (χ4v) is 1.58. The van der Waals surface area contributed by atoms with Crippen LogP contribution in [0.2, 0.25) is 5.02 Å². The lowest BCUT2D eigenvalue weighted by Crippen LogP contribution is -1.78. The van der Waals surface area contributed by atoms with Crippen molar-refractivity contribution in [2.24, 2.45) is 0 Å². The van der Waals surface area contributed by atoms with E-state index in [9.17, 15) is 0 Å². The predicted molar refractivity (Wildman–Crippen MR) is 62.5 cm³/mol. The Morgan fingerprint density at radius 3 is 2.71 bits per heavy atom. The Morgan fingerprint density at radius 1 is 1.29 bits per heavy atom. The molecule has 0 saturated heterocycles. The zero-order chi connectivity index (χ0) is 9.97. The molecule has 0 amide bonds. The standard InChI is InChI=1S/C9H6ClIN2O/c10-7-4-2-1-3-6(7)9-13-12-8(5-11)14-9/h1-4H,5H2. The monoisotopic (exact) mass is 320 g/mol. The van der Waals surface area contributed by atoms with Crippen LogP contribution in [0, 0.1) is 0 Å². The van der Waals surface area contributed by atoms with Crippen molar-refractivity contribution in [2.75, 3.05) is 0 Å². The predicted octanol–water partition coefficient (Wildman–Crippen LogP) is 3.33. The van der Waals surface area contributed by atoms with Crippen molar-refractivity contribution < 1.29 is 4.42 Å². The summed E-state index contributed by atoms with van der Waals surface area (Å²) in [5, 5.41) is 8.40. The zero-order valence-corrected chi connectivity index (χ0v) is 9.99. The molecule has 0 aliphatic heterocycles. The van der Waals surface area contributed by atoms with E-state index >= 15 is 0 Å². The van der Waals surface area contributed by atoms with Crippen LogP contribution in [0.3, 0.4) is 0 Å². The van der Waals surface area contributed by atoms with E-state index in [-0.39, 0.29) is 0 Å². The maximum Gasteiger partial charge on any atom is 0.249 e. The number of halogens is 2. The van der Waals surface area contributed by atoms with E-state index in [1.54, 1.807) is 6.07 Å². The highest BCUT2D eigenvalue weighted by Gasteiger charge is 2.09. The summed E-state index contributed by atoms with van der Waals surface area (Å²) >= 11 is 8.15. The molecular formula is C9H6ClIN2O. The Hall–Kier alpha value is -0.620. The first-order valence-corrected chi connectivity index (χ1v) is 5.85. The minimum Gasteiger partial charge on any atom is -0.420 e. The van der Waals surface area contributed by atoms with Gasteiger partial charge in [-0.15, -0.1) is 10.2 Å². The average Bonchev–Trinajstić information content (AvgIpc) is 2.67. The lowest BCUT2D eigenvalue weighted by atomic mass is 10.2. The van der Waals surface area contributed by atoms with Crippen molar-refractivity contribution in [3.05, 3.63) is 35.2 Å². The number of nitrogens with zero attached hydrogens (tertiary/aromatic N) is 2. The summed E-state index contributed by atoms with van der Waals surface area (Å²) < 4.78 is 6.09. The topological polar surface area (TPSA) is 38.9 Å². The summed E-state index contributed by atoms with van der Waals surface area (Å²) in [6, 6.07) is 7.40. The molecule has 0 bridgehead atoms. The highest BCUT2D eigenvalue weighted by Crippen LogP contribution is 2.26. The third kappa shape index (κ3) is 1.90. The molecule has 0 saturated carbocycles. The fraction of sp³-hybridized carbons (Fsp3) is 0.111. The van der Waals surface area contributed by atoms with Crippen LogP contribution in [-0.2, 0) is 4.43 Å². The van der Waals surface area contributed by atoms with Crippen LogP contribution in [0.25, 0.3) is 11.5 Å². The quantitative estimate of drug-likeness (QED) is 0.629. The van der Waals surface area contributed by atoms with E-state index in [2.05, 4.69) is 32.8 Å². The molecule has 0 fully saturated rings. The van der Waals surface area contributed by atoms with E-state index in [0.29, 0.717) is 21.2 Å². The second kappa shape index (κ2) is 4.27. The number of rotatable bonds is 2. The Bertz CT molecular complexity index is 444. The molecule has 2 aromatic rings. The van der Waals surface area contributed by atoms with Gasteiger partial charge in [0.25, 0.3) is 0 Å². The molecular weight excluding hydrogens is 314 g/mol. The number of aromatic nitrogens is 2. The van der Waals surface area contributed by atoms with Crippen LogP contribution in [0.1, 0.15) is 5.89 Å². The maximum absolute atomic E-state index is 5.98. The molecule has 0 unspecified atom stereocenters. The summed E-state index contributed by atoms with van der Waals surface area (Å²) in [6.45, 7) is 0. The van der Waals surface area contributed by atoms with Crippen molar-refractivity contribution in [3.63, 3.8) is 0 Å². The Labute approximate surface area is 99.6 Å². The molecule has 1 aromatic carbocycles. The van der Waals surface area contributed by atoms with Gasteiger partial charge in [-0.25, -0.2) is 0 Å². The summed E-state index contributed by atoms with van der Waals surface area (Å²) in [7, 11) is 0. The van der Waals surface area contributed by atoms with Gasteiger partial charge in [0.2, 0.25) is 11.8 Å². The summed E-state index contributed by atoms with van der Waals surface area (Å²) in [5.74, 6) is 1.09. The van der Waals surface area contributed by atoms with Crippen molar-refractivity contribution >= 4 is 34.2 Å². The Balaban J connectivity index is 2.44. The normalized spacial score (nSPS) is 10.4. The first kappa shape index (κ1) is 9.92. The van der Waals surface area contributed by atoms with E-state index in [0.717, 1.165) is 5.56 Å². The second-order valence-electron chi connectivity index (χ2n) is 2.61. The zero-order valence-electron chi connectivity index (χ0n) is 7.08. The highest BCUT2D eigenvalue weighted by molar-refractivity contribution is 14.1. The molecule has 1 heterocycles. The van der Waals surface area contributed by atoms with Gasteiger partial charge in [-0.3, -0.25) is 0 Å². The average molecular weight is 321 g/mol. The van der Waals surface area contributed by atoms with E-state index in [4.69, 9.17) is 16.0 Å².